The molecule has 0 bridgehead atoms. The minimum absolute atomic E-state index is 0.0468. The molecule has 0 heterocycles. The molecule has 0 unspecified atom stereocenters. The van der Waals surface area contributed by atoms with Crippen LogP contribution in [0.15, 0.2) is 0 Å². The van der Waals surface area contributed by atoms with Crippen LogP contribution in [-0.4, -0.2) is 37.2 Å². The Morgan fingerprint density at radius 2 is 1.32 bits per heavy atom. The molecule has 0 N–H and O–H groups in total. The Hall–Kier alpha value is 0.517. The molecule has 0 radical (unpaired) electrons. The van der Waals surface area contributed by atoms with Crippen LogP contribution in [0.5, 0.6) is 0 Å². The van der Waals surface area contributed by atoms with Crippen molar-refractivity contribution in [2.75, 3.05) is 13.2 Å². The zero-order valence-corrected chi connectivity index (χ0v) is 13.6. The molecule has 0 saturated carbocycles. The van der Waals surface area contributed by atoms with Crippen LogP contribution in [0.3, 0.4) is 0 Å². The van der Waals surface area contributed by atoms with E-state index in [1.165, 1.54) is 62.9 Å². The normalized spacial score (nSPS) is 11.4. The fourth-order valence-corrected chi connectivity index (χ4v) is 2.09. The van der Waals surface area contributed by atoms with Crippen molar-refractivity contribution in [3.05, 3.63) is 0 Å². The Morgan fingerprint density at radius 1 is 0.737 bits per heavy atom. The number of hydrogen-bond acceptors (Lipinski definition) is 2. The van der Waals surface area contributed by atoms with Crippen molar-refractivity contribution in [1.29, 1.82) is 0 Å². The number of hydrogen-bond donors (Lipinski definition) is 0. The van der Waals surface area contributed by atoms with E-state index in [-0.39, 0.29) is 6.29 Å². The van der Waals surface area contributed by atoms with E-state index in [0.29, 0.717) is 0 Å². The molecule has 2 nitrogen and oxygen atoms in total. The van der Waals surface area contributed by atoms with Gasteiger partial charge in [-0.05, 0) is 0 Å². The zero-order valence-electron chi connectivity index (χ0n) is 13.6. The van der Waals surface area contributed by atoms with Crippen LogP contribution in [0, 0.1) is 0 Å². The molecular weight excluding hydrogens is 231 g/mol. The van der Waals surface area contributed by atoms with Crippen LogP contribution in [0.2, 0.25) is 5.09 Å². The van der Waals surface area contributed by atoms with E-state index in [4.69, 9.17) is 9.47 Å². The molecule has 0 aromatic carbocycles. The first-order valence-electron chi connectivity index (χ1n) is 8.58. The molecule has 0 amide bonds. The zero-order chi connectivity index (χ0) is 14.2. The second kappa shape index (κ2) is 16.6. The molecule has 3 heteroatoms. The van der Waals surface area contributed by atoms with Gasteiger partial charge < -0.3 is 0 Å². The fourth-order valence-electron chi connectivity index (χ4n) is 2.09. The Labute approximate surface area is 130 Å². The molecule has 0 aliphatic heterocycles. The second-order valence-electron chi connectivity index (χ2n) is 5.43. The Bertz CT molecular complexity index is 136. The van der Waals surface area contributed by atoms with E-state index in [2.05, 4.69) is 31.6 Å². The first kappa shape index (κ1) is 19.5. The molecule has 0 rings (SSSR count). The third kappa shape index (κ3) is 14.7. The predicted molar refractivity (Wildman–Crippen MR) is 83.8 cm³/mol. The summed E-state index contributed by atoms with van der Waals surface area (Å²) in [6, 6.07) is 0. The summed E-state index contributed by atoms with van der Waals surface area (Å²) in [6.45, 7) is 6.17. The summed E-state index contributed by atoms with van der Waals surface area (Å²) in [7, 11) is 0. The van der Waals surface area contributed by atoms with Gasteiger partial charge in [-0.3, -0.25) is 0 Å². The minimum atomic E-state index is 0.0468. The maximum atomic E-state index is 5.88. The summed E-state index contributed by atoms with van der Waals surface area (Å²) in [6.07, 6.45) is 12.4. The average molecular weight is 264 g/mol. The van der Waals surface area contributed by atoms with Gasteiger partial charge in [-0.2, -0.15) is 0 Å². The summed E-state index contributed by atoms with van der Waals surface area (Å²) in [5.74, 6) is 0. The third-order valence-electron chi connectivity index (χ3n) is 3.40. The maximum absolute atomic E-state index is 5.88. The van der Waals surface area contributed by atoms with E-state index in [0.717, 1.165) is 19.6 Å². The van der Waals surface area contributed by atoms with Gasteiger partial charge in [0.25, 0.3) is 0 Å². The summed E-state index contributed by atoms with van der Waals surface area (Å²) < 4.78 is 11.8. The monoisotopic (exact) mass is 264 g/mol. The molecular formula is C16H33LiO2. The summed E-state index contributed by atoms with van der Waals surface area (Å²) in [4.78, 5) is 0. The molecule has 0 aliphatic carbocycles. The van der Waals surface area contributed by atoms with Crippen molar-refractivity contribution < 1.29 is 9.47 Å². The summed E-state index contributed by atoms with van der Waals surface area (Å²) in [5.41, 5.74) is 0. The van der Waals surface area contributed by atoms with Crippen molar-refractivity contribution in [3.8, 4) is 0 Å². The van der Waals surface area contributed by atoms with Crippen LogP contribution in [0.1, 0.15) is 78.1 Å². The standard InChI is InChI=1S/C16H33O2.Li/c1-4-7-10-13-16(17-14-11-8-5-2)18-15-12-9-6-3;/h16H,1,4-15H2,2-3H3;. The van der Waals surface area contributed by atoms with Gasteiger partial charge in [-0.25, -0.2) is 0 Å². The van der Waals surface area contributed by atoms with Gasteiger partial charge in [0.2, 0.25) is 0 Å². The second-order valence-corrected chi connectivity index (χ2v) is 5.43. The SMILES string of the molecule is [Li][CH2]CCCCC(OCCCCC)OCCCCC. The van der Waals surface area contributed by atoms with E-state index < -0.39 is 0 Å². The van der Waals surface area contributed by atoms with Crippen molar-refractivity contribution >= 4 is 17.7 Å². The van der Waals surface area contributed by atoms with Gasteiger partial charge in [0.05, 0.1) is 0 Å². The summed E-state index contributed by atoms with van der Waals surface area (Å²) in [5, 5.41) is 1.29. The average Bonchev–Trinajstić information content (AvgIpc) is 2.43. The van der Waals surface area contributed by atoms with E-state index in [1.807, 2.05) is 0 Å². The molecule has 0 aromatic rings. The number of unbranched alkanes of at least 4 members (excludes halogenated alkanes) is 6. The van der Waals surface area contributed by atoms with E-state index in [1.54, 1.807) is 0 Å². The van der Waals surface area contributed by atoms with Crippen LogP contribution in [-0.2, 0) is 9.47 Å². The van der Waals surface area contributed by atoms with Crippen molar-refractivity contribution in [2.45, 2.75) is 89.4 Å². The van der Waals surface area contributed by atoms with Gasteiger partial charge in [0.1, 0.15) is 0 Å². The fraction of sp³-hybridized carbons (Fsp3) is 1.00. The first-order valence-corrected chi connectivity index (χ1v) is 8.58. The Balaban J connectivity index is 3.66. The van der Waals surface area contributed by atoms with Gasteiger partial charge in [-0.1, -0.05) is 0 Å². The van der Waals surface area contributed by atoms with Crippen LogP contribution in [0.25, 0.3) is 0 Å². The third-order valence-corrected chi connectivity index (χ3v) is 3.40. The predicted octanol–water partition coefficient (Wildman–Crippen LogP) is 4.87. The number of rotatable bonds is 15. The molecule has 0 aromatic heterocycles. The van der Waals surface area contributed by atoms with Crippen LogP contribution in [0.4, 0.5) is 0 Å². The molecule has 110 valence electrons. The number of ether oxygens (including phenoxy) is 2. The Kier molecular flexibility index (Phi) is 17.0. The summed E-state index contributed by atoms with van der Waals surface area (Å²) >= 11 is 2.25. The molecule has 0 aliphatic rings. The van der Waals surface area contributed by atoms with Crippen LogP contribution >= 0.6 is 0 Å². The van der Waals surface area contributed by atoms with E-state index in [9.17, 15) is 0 Å². The molecule has 0 saturated heterocycles. The van der Waals surface area contributed by atoms with Gasteiger partial charge in [0.15, 0.2) is 0 Å². The topological polar surface area (TPSA) is 18.5 Å². The van der Waals surface area contributed by atoms with Crippen molar-refractivity contribution in [1.82, 2.24) is 0 Å². The van der Waals surface area contributed by atoms with E-state index >= 15 is 0 Å². The van der Waals surface area contributed by atoms with Crippen molar-refractivity contribution in [2.24, 2.45) is 0 Å². The van der Waals surface area contributed by atoms with Crippen LogP contribution < -0.4 is 0 Å². The molecule has 19 heavy (non-hydrogen) atoms. The van der Waals surface area contributed by atoms with Gasteiger partial charge >= 0.3 is 130 Å². The Morgan fingerprint density at radius 3 is 1.79 bits per heavy atom. The quantitative estimate of drug-likeness (QED) is 0.238. The molecule has 0 atom stereocenters. The van der Waals surface area contributed by atoms with Gasteiger partial charge in [-0.15, -0.1) is 0 Å². The van der Waals surface area contributed by atoms with Crippen molar-refractivity contribution in [3.63, 3.8) is 0 Å². The molecule has 0 fully saturated rings. The van der Waals surface area contributed by atoms with Gasteiger partial charge in [0, 0.05) is 0 Å². The first-order chi connectivity index (χ1) is 9.35. The molecule has 0 spiro atoms.